The minimum atomic E-state index is -0.117. The lowest BCUT2D eigenvalue weighted by Crippen LogP contribution is -2.16. The maximum Gasteiger partial charge on any atom is 0.127 e. The van der Waals surface area contributed by atoms with E-state index in [-0.39, 0.29) is 5.82 Å². The molecule has 0 atom stereocenters. The number of rotatable bonds is 5. The van der Waals surface area contributed by atoms with Crippen molar-refractivity contribution >= 4 is 0 Å². The first-order valence-corrected chi connectivity index (χ1v) is 7.37. The summed E-state index contributed by atoms with van der Waals surface area (Å²) in [5, 5.41) is 3.37. The average molecular weight is 269 g/mol. The van der Waals surface area contributed by atoms with E-state index in [1.54, 1.807) is 6.07 Å². The Balaban J connectivity index is 1.86. The van der Waals surface area contributed by atoms with Crippen LogP contribution in [-0.4, -0.2) is 6.04 Å². The molecular weight excluding hydrogens is 249 g/mol. The topological polar surface area (TPSA) is 12.0 Å². The summed E-state index contributed by atoms with van der Waals surface area (Å²) in [5.74, 6) is -0.117. The molecule has 0 aromatic heterocycles. The van der Waals surface area contributed by atoms with E-state index in [9.17, 15) is 4.39 Å². The van der Waals surface area contributed by atoms with Gasteiger partial charge < -0.3 is 5.32 Å². The minimum absolute atomic E-state index is 0.117. The van der Waals surface area contributed by atoms with Gasteiger partial charge in [-0.25, -0.2) is 4.39 Å². The second kappa shape index (κ2) is 5.76. The summed E-state index contributed by atoms with van der Waals surface area (Å²) in [6.45, 7) is 2.77. The van der Waals surface area contributed by atoms with E-state index in [0.717, 1.165) is 23.1 Å². The van der Waals surface area contributed by atoms with Gasteiger partial charge in [0.15, 0.2) is 0 Å². The maximum absolute atomic E-state index is 13.9. The first-order valence-electron chi connectivity index (χ1n) is 7.37. The second-order valence-electron chi connectivity index (χ2n) is 5.52. The maximum atomic E-state index is 13.9. The van der Waals surface area contributed by atoms with Gasteiger partial charge in [0.1, 0.15) is 5.82 Å². The monoisotopic (exact) mass is 269 g/mol. The zero-order chi connectivity index (χ0) is 13.9. The fourth-order valence-electron chi connectivity index (χ4n) is 2.40. The molecule has 0 unspecified atom stereocenters. The quantitative estimate of drug-likeness (QED) is 0.853. The van der Waals surface area contributed by atoms with Crippen molar-refractivity contribution in [2.45, 2.75) is 38.8 Å². The van der Waals surface area contributed by atoms with Crippen molar-refractivity contribution in [1.29, 1.82) is 0 Å². The molecule has 0 aliphatic heterocycles. The van der Waals surface area contributed by atoms with E-state index in [1.165, 1.54) is 18.4 Å². The van der Waals surface area contributed by atoms with Gasteiger partial charge in [0, 0.05) is 18.2 Å². The first kappa shape index (κ1) is 13.3. The Morgan fingerprint density at radius 3 is 2.65 bits per heavy atom. The molecule has 1 aliphatic carbocycles. The Morgan fingerprint density at radius 2 is 1.90 bits per heavy atom. The highest BCUT2D eigenvalue weighted by Gasteiger charge is 2.20. The molecular formula is C18H20FN. The van der Waals surface area contributed by atoms with Crippen molar-refractivity contribution in [3.05, 3.63) is 59.4 Å². The van der Waals surface area contributed by atoms with Crippen LogP contribution >= 0.6 is 0 Å². The number of hydrogen-bond donors (Lipinski definition) is 1. The first-order chi connectivity index (χ1) is 9.76. The Morgan fingerprint density at radius 1 is 1.10 bits per heavy atom. The zero-order valence-electron chi connectivity index (χ0n) is 11.8. The number of benzene rings is 2. The highest BCUT2D eigenvalue weighted by Crippen LogP contribution is 2.24. The van der Waals surface area contributed by atoms with Crippen molar-refractivity contribution in [1.82, 2.24) is 5.32 Å². The fraction of sp³-hybridized carbons (Fsp3) is 0.333. The molecule has 0 radical (unpaired) electrons. The Bertz CT molecular complexity index is 602. The molecule has 1 aliphatic rings. The lowest BCUT2D eigenvalue weighted by atomic mass is 10.00. The van der Waals surface area contributed by atoms with Gasteiger partial charge in [0.05, 0.1) is 0 Å². The van der Waals surface area contributed by atoms with Crippen LogP contribution in [0.15, 0.2) is 42.5 Å². The van der Waals surface area contributed by atoms with Gasteiger partial charge in [-0.3, -0.25) is 0 Å². The molecule has 20 heavy (non-hydrogen) atoms. The van der Waals surface area contributed by atoms with Crippen molar-refractivity contribution in [2.75, 3.05) is 0 Å². The van der Waals surface area contributed by atoms with Crippen molar-refractivity contribution in [2.24, 2.45) is 0 Å². The highest BCUT2D eigenvalue weighted by molar-refractivity contribution is 5.65. The molecule has 0 bridgehead atoms. The van der Waals surface area contributed by atoms with Crippen LogP contribution in [0.3, 0.4) is 0 Å². The molecule has 1 saturated carbocycles. The molecule has 0 saturated heterocycles. The average Bonchev–Trinajstić information content (AvgIpc) is 3.31. The molecule has 1 nitrogen and oxygen atoms in total. The predicted octanol–water partition coefficient (Wildman–Crippen LogP) is 4.31. The molecule has 0 heterocycles. The van der Waals surface area contributed by atoms with Gasteiger partial charge in [-0.05, 0) is 48.1 Å². The number of aryl methyl sites for hydroxylation is 1. The number of nitrogens with one attached hydrogen (secondary N) is 1. The van der Waals surface area contributed by atoms with Gasteiger partial charge in [-0.1, -0.05) is 37.3 Å². The van der Waals surface area contributed by atoms with Crippen LogP contribution in [0.4, 0.5) is 4.39 Å². The fourth-order valence-corrected chi connectivity index (χ4v) is 2.40. The van der Waals surface area contributed by atoms with Gasteiger partial charge in [0.2, 0.25) is 0 Å². The van der Waals surface area contributed by atoms with E-state index >= 15 is 0 Å². The molecule has 2 heteroatoms. The van der Waals surface area contributed by atoms with Crippen LogP contribution in [0.25, 0.3) is 11.1 Å². The zero-order valence-corrected chi connectivity index (χ0v) is 11.8. The van der Waals surface area contributed by atoms with Crippen LogP contribution in [0.1, 0.15) is 30.9 Å². The summed E-state index contributed by atoms with van der Waals surface area (Å²) in [6, 6.07) is 14.5. The highest BCUT2D eigenvalue weighted by atomic mass is 19.1. The molecule has 0 spiro atoms. The van der Waals surface area contributed by atoms with E-state index in [0.29, 0.717) is 12.6 Å². The summed E-state index contributed by atoms with van der Waals surface area (Å²) < 4.78 is 13.9. The van der Waals surface area contributed by atoms with Crippen molar-refractivity contribution in [3.63, 3.8) is 0 Å². The molecule has 3 rings (SSSR count). The molecule has 104 valence electrons. The van der Waals surface area contributed by atoms with Crippen molar-refractivity contribution < 1.29 is 4.39 Å². The van der Waals surface area contributed by atoms with E-state index < -0.39 is 0 Å². The summed E-state index contributed by atoms with van der Waals surface area (Å²) in [6.07, 6.45) is 3.46. The molecule has 1 fully saturated rings. The third-order valence-electron chi connectivity index (χ3n) is 3.87. The standard InChI is InChI=1S/C18H20FN/c1-2-13-4-3-5-14(10-13)15-6-9-18(19)16(11-15)12-20-17-7-8-17/h3-6,9-11,17,20H,2,7-8,12H2,1H3. The number of hydrogen-bond acceptors (Lipinski definition) is 1. The van der Waals surface area contributed by atoms with Gasteiger partial charge in [-0.2, -0.15) is 0 Å². The lowest BCUT2D eigenvalue weighted by Gasteiger charge is -2.09. The van der Waals surface area contributed by atoms with E-state index in [1.807, 2.05) is 12.1 Å². The van der Waals surface area contributed by atoms with Crippen LogP contribution in [0.2, 0.25) is 0 Å². The Hall–Kier alpha value is -1.67. The third kappa shape index (κ3) is 3.07. The van der Waals surface area contributed by atoms with Gasteiger partial charge in [-0.15, -0.1) is 0 Å². The summed E-state index contributed by atoms with van der Waals surface area (Å²) >= 11 is 0. The molecule has 2 aromatic carbocycles. The normalized spacial score (nSPS) is 14.5. The molecule has 1 N–H and O–H groups in total. The summed E-state index contributed by atoms with van der Waals surface area (Å²) in [5.41, 5.74) is 4.33. The third-order valence-corrected chi connectivity index (χ3v) is 3.87. The van der Waals surface area contributed by atoms with E-state index in [4.69, 9.17) is 0 Å². The molecule has 2 aromatic rings. The SMILES string of the molecule is CCc1cccc(-c2ccc(F)c(CNC3CC3)c2)c1. The smallest absolute Gasteiger partial charge is 0.127 e. The summed E-state index contributed by atoms with van der Waals surface area (Å²) in [4.78, 5) is 0. The predicted molar refractivity (Wildman–Crippen MR) is 81.1 cm³/mol. The second-order valence-corrected chi connectivity index (χ2v) is 5.52. The van der Waals surface area contributed by atoms with Crippen molar-refractivity contribution in [3.8, 4) is 11.1 Å². The van der Waals surface area contributed by atoms with Gasteiger partial charge in [0.25, 0.3) is 0 Å². The Labute approximate surface area is 119 Å². The van der Waals surface area contributed by atoms with Crippen LogP contribution in [0.5, 0.6) is 0 Å². The molecule has 0 amide bonds. The van der Waals surface area contributed by atoms with Crippen LogP contribution < -0.4 is 5.32 Å². The minimum Gasteiger partial charge on any atom is -0.310 e. The summed E-state index contributed by atoms with van der Waals surface area (Å²) in [7, 11) is 0. The van der Waals surface area contributed by atoms with E-state index in [2.05, 4.69) is 36.5 Å². The van der Waals surface area contributed by atoms with Crippen LogP contribution in [-0.2, 0) is 13.0 Å². The number of halogens is 1. The largest absolute Gasteiger partial charge is 0.310 e. The Kier molecular flexibility index (Phi) is 3.83. The van der Waals surface area contributed by atoms with Crippen LogP contribution in [0, 0.1) is 5.82 Å². The lowest BCUT2D eigenvalue weighted by molar-refractivity contribution is 0.587. The van der Waals surface area contributed by atoms with Gasteiger partial charge >= 0.3 is 0 Å².